The third kappa shape index (κ3) is 5.74. The van der Waals surface area contributed by atoms with Crippen molar-refractivity contribution in [1.29, 1.82) is 0 Å². The van der Waals surface area contributed by atoms with Crippen LogP contribution in [-0.2, 0) is 4.79 Å². The van der Waals surface area contributed by atoms with Gasteiger partial charge in [-0.1, -0.05) is 35.9 Å². The minimum atomic E-state index is -0.145. The molecule has 1 amide bonds. The lowest BCUT2D eigenvalue weighted by atomic mass is 10.1. The molecule has 0 atom stereocenters. The van der Waals surface area contributed by atoms with Crippen LogP contribution in [0, 0.1) is 0 Å². The summed E-state index contributed by atoms with van der Waals surface area (Å²) in [5.74, 6) is 1.21. The number of benzene rings is 3. The highest BCUT2D eigenvalue weighted by Crippen LogP contribution is 2.34. The minimum absolute atomic E-state index is 0.145. The zero-order valence-corrected chi connectivity index (χ0v) is 19.7. The van der Waals surface area contributed by atoms with Crippen molar-refractivity contribution < 1.29 is 14.3 Å². The summed E-state index contributed by atoms with van der Waals surface area (Å²) in [6.07, 6.45) is 0.503. The van der Waals surface area contributed by atoms with E-state index in [2.05, 4.69) is 5.32 Å². The van der Waals surface area contributed by atoms with Gasteiger partial charge < -0.3 is 14.8 Å². The van der Waals surface area contributed by atoms with Gasteiger partial charge in [0.25, 0.3) is 0 Å². The Kier molecular flexibility index (Phi) is 7.32. The highest BCUT2D eigenvalue weighted by molar-refractivity contribution is 8.14. The van der Waals surface area contributed by atoms with E-state index in [0.717, 1.165) is 27.7 Å². The SMILES string of the molecule is COc1ccc(NC(=O)CSC2=Nc3ccccc3N=C(c3cccc(Cl)c3)C2)cc1OC. The molecule has 1 aliphatic heterocycles. The van der Waals surface area contributed by atoms with Crippen molar-refractivity contribution >= 4 is 57.1 Å². The number of methoxy groups -OCH3 is 2. The molecule has 1 N–H and O–H groups in total. The van der Waals surface area contributed by atoms with E-state index >= 15 is 0 Å². The van der Waals surface area contributed by atoms with Crippen LogP contribution in [0.3, 0.4) is 0 Å². The first-order valence-corrected chi connectivity index (χ1v) is 11.6. The molecule has 0 unspecified atom stereocenters. The van der Waals surface area contributed by atoms with Crippen molar-refractivity contribution in [3.63, 3.8) is 0 Å². The molecule has 0 aromatic heterocycles. The molecule has 3 aromatic rings. The molecule has 0 bridgehead atoms. The molecule has 33 heavy (non-hydrogen) atoms. The summed E-state index contributed by atoms with van der Waals surface area (Å²) in [4.78, 5) is 22.2. The number of halogens is 1. The number of hydrogen-bond donors (Lipinski definition) is 1. The van der Waals surface area contributed by atoms with Crippen LogP contribution in [0.1, 0.15) is 12.0 Å². The van der Waals surface area contributed by atoms with Crippen LogP contribution in [-0.4, -0.2) is 36.6 Å². The van der Waals surface area contributed by atoms with E-state index in [-0.39, 0.29) is 11.7 Å². The van der Waals surface area contributed by atoms with E-state index in [1.807, 2.05) is 48.5 Å². The van der Waals surface area contributed by atoms with E-state index < -0.39 is 0 Å². The first-order valence-electron chi connectivity index (χ1n) is 10.2. The van der Waals surface area contributed by atoms with Gasteiger partial charge in [-0.05, 0) is 42.0 Å². The molecule has 1 aliphatic rings. The van der Waals surface area contributed by atoms with E-state index in [9.17, 15) is 4.79 Å². The van der Waals surface area contributed by atoms with Crippen molar-refractivity contribution in [1.82, 2.24) is 0 Å². The number of carbonyl (C=O) groups excluding carboxylic acids is 1. The monoisotopic (exact) mass is 479 g/mol. The first kappa shape index (κ1) is 22.9. The summed E-state index contributed by atoms with van der Waals surface area (Å²) < 4.78 is 10.5. The summed E-state index contributed by atoms with van der Waals surface area (Å²) in [6.45, 7) is 0. The molecule has 0 aliphatic carbocycles. The zero-order valence-electron chi connectivity index (χ0n) is 18.2. The van der Waals surface area contributed by atoms with Crippen molar-refractivity contribution in [2.75, 3.05) is 25.3 Å². The lowest BCUT2D eigenvalue weighted by molar-refractivity contribution is -0.113. The number of nitrogens with zero attached hydrogens (tertiary/aromatic N) is 2. The van der Waals surface area contributed by atoms with Crippen molar-refractivity contribution in [2.45, 2.75) is 6.42 Å². The predicted octanol–water partition coefficient (Wildman–Crippen LogP) is 6.28. The molecule has 1 heterocycles. The van der Waals surface area contributed by atoms with Gasteiger partial charge in [0, 0.05) is 23.2 Å². The maximum atomic E-state index is 12.6. The second-order valence-electron chi connectivity index (χ2n) is 7.15. The number of nitrogens with one attached hydrogen (secondary N) is 1. The van der Waals surface area contributed by atoms with Gasteiger partial charge in [0.15, 0.2) is 11.5 Å². The average Bonchev–Trinajstić information content (AvgIpc) is 3.02. The lowest BCUT2D eigenvalue weighted by Gasteiger charge is -2.11. The summed E-state index contributed by atoms with van der Waals surface area (Å²) in [7, 11) is 3.12. The Balaban J connectivity index is 1.50. The quantitative estimate of drug-likeness (QED) is 0.451. The number of carbonyl (C=O) groups is 1. The molecule has 0 radical (unpaired) electrons. The molecule has 3 aromatic carbocycles. The summed E-state index contributed by atoms with van der Waals surface area (Å²) in [5, 5.41) is 4.35. The Labute approximate surface area is 201 Å². The van der Waals surface area contributed by atoms with Gasteiger partial charge in [0.1, 0.15) is 0 Å². The van der Waals surface area contributed by atoms with E-state index in [0.29, 0.717) is 28.6 Å². The largest absolute Gasteiger partial charge is 0.493 e. The number of fused-ring (bicyclic) bond motifs is 1. The van der Waals surface area contributed by atoms with E-state index in [1.165, 1.54) is 11.8 Å². The van der Waals surface area contributed by atoms with Crippen molar-refractivity contribution in [3.8, 4) is 11.5 Å². The lowest BCUT2D eigenvalue weighted by Crippen LogP contribution is -2.16. The smallest absolute Gasteiger partial charge is 0.234 e. The number of amides is 1. The molecule has 0 saturated heterocycles. The normalized spacial score (nSPS) is 12.7. The predicted molar refractivity (Wildman–Crippen MR) is 136 cm³/mol. The highest BCUT2D eigenvalue weighted by atomic mass is 35.5. The number of rotatable bonds is 6. The van der Waals surface area contributed by atoms with Crippen LogP contribution >= 0.6 is 23.4 Å². The van der Waals surface area contributed by atoms with Crippen LogP contribution in [0.2, 0.25) is 5.02 Å². The summed E-state index contributed by atoms with van der Waals surface area (Å²) >= 11 is 7.59. The van der Waals surface area contributed by atoms with Gasteiger partial charge >= 0.3 is 0 Å². The van der Waals surface area contributed by atoms with Crippen molar-refractivity contribution in [3.05, 3.63) is 77.3 Å². The Morgan fingerprint density at radius 2 is 1.73 bits per heavy atom. The fraction of sp³-hybridized carbons (Fsp3) is 0.160. The third-order valence-corrected chi connectivity index (χ3v) is 6.11. The van der Waals surface area contributed by atoms with Crippen LogP contribution in [0.25, 0.3) is 0 Å². The molecule has 4 rings (SSSR count). The molecule has 6 nitrogen and oxygen atoms in total. The second kappa shape index (κ2) is 10.6. The number of hydrogen-bond acceptors (Lipinski definition) is 6. The van der Waals surface area contributed by atoms with Gasteiger partial charge in [-0.25, -0.2) is 4.99 Å². The Bertz CT molecular complexity index is 1240. The Hall–Kier alpha value is -3.29. The summed E-state index contributed by atoms with van der Waals surface area (Å²) in [5.41, 5.74) is 3.99. The molecule has 0 fully saturated rings. The first-order chi connectivity index (χ1) is 16.1. The molecular weight excluding hydrogens is 458 g/mol. The Morgan fingerprint density at radius 1 is 0.970 bits per heavy atom. The molecule has 8 heteroatoms. The topological polar surface area (TPSA) is 72.3 Å². The van der Waals surface area contributed by atoms with Gasteiger partial charge in [-0.15, -0.1) is 11.8 Å². The maximum absolute atomic E-state index is 12.6. The highest BCUT2D eigenvalue weighted by Gasteiger charge is 2.17. The van der Waals surface area contributed by atoms with E-state index in [4.69, 9.17) is 31.1 Å². The van der Waals surface area contributed by atoms with E-state index in [1.54, 1.807) is 32.4 Å². The van der Waals surface area contributed by atoms with Crippen LogP contribution in [0.4, 0.5) is 17.1 Å². The van der Waals surface area contributed by atoms with Gasteiger partial charge in [0.2, 0.25) is 5.91 Å². The number of anilines is 1. The number of aliphatic imine (C=N–C) groups is 2. The van der Waals surface area contributed by atoms with Crippen molar-refractivity contribution in [2.24, 2.45) is 9.98 Å². The zero-order chi connectivity index (χ0) is 23.2. The molecule has 168 valence electrons. The van der Waals surface area contributed by atoms with Crippen LogP contribution < -0.4 is 14.8 Å². The number of thioether (sulfide) groups is 1. The molecule has 0 saturated carbocycles. The van der Waals surface area contributed by atoms with Crippen LogP contribution in [0.15, 0.2) is 76.7 Å². The average molecular weight is 480 g/mol. The second-order valence-corrected chi connectivity index (χ2v) is 8.63. The minimum Gasteiger partial charge on any atom is -0.493 e. The molecular formula is C25H22ClN3O3S. The fourth-order valence-electron chi connectivity index (χ4n) is 3.33. The summed E-state index contributed by atoms with van der Waals surface area (Å²) in [6, 6.07) is 20.6. The van der Waals surface area contributed by atoms with Gasteiger partial charge in [-0.3, -0.25) is 9.79 Å². The fourth-order valence-corrected chi connectivity index (χ4v) is 4.29. The van der Waals surface area contributed by atoms with Gasteiger partial charge in [0.05, 0.1) is 42.1 Å². The third-order valence-electron chi connectivity index (χ3n) is 4.90. The number of para-hydroxylation sites is 2. The molecule has 0 spiro atoms. The Morgan fingerprint density at radius 3 is 2.45 bits per heavy atom. The van der Waals surface area contributed by atoms with Crippen LogP contribution in [0.5, 0.6) is 11.5 Å². The number of ether oxygens (including phenoxy) is 2. The maximum Gasteiger partial charge on any atom is 0.234 e. The standard InChI is InChI=1S/C25H22ClN3O3S/c1-31-22-11-10-18(13-23(22)32-2)27-24(30)15-33-25-14-21(16-6-5-7-17(26)12-16)28-19-8-3-4-9-20(19)29-25/h3-13H,14-15H2,1-2H3,(H,27,30). The van der Waals surface area contributed by atoms with Gasteiger partial charge in [-0.2, -0.15) is 0 Å².